The molecule has 1 aromatic carbocycles. The van der Waals surface area contributed by atoms with E-state index in [1.54, 1.807) is 0 Å². The quantitative estimate of drug-likeness (QED) is 0.838. The molecule has 0 atom stereocenters. The largest absolute Gasteiger partial charge is 0.388 e. The van der Waals surface area contributed by atoms with Gasteiger partial charge < -0.3 is 10.4 Å². The van der Waals surface area contributed by atoms with E-state index in [0.29, 0.717) is 13.0 Å². The normalized spacial score (nSPS) is 17.4. The van der Waals surface area contributed by atoms with Crippen molar-refractivity contribution in [3.8, 4) is 0 Å². The SMILES string of the molecule is CC(C)(CCC(=O)NCC1(O)CCC1)c1ccccc1. The van der Waals surface area contributed by atoms with Gasteiger partial charge in [-0.1, -0.05) is 44.2 Å². The Morgan fingerprint density at radius 2 is 1.95 bits per heavy atom. The van der Waals surface area contributed by atoms with Gasteiger partial charge in [-0.2, -0.15) is 0 Å². The van der Waals surface area contributed by atoms with Crippen LogP contribution in [0, 0.1) is 0 Å². The van der Waals surface area contributed by atoms with Crippen LogP contribution in [0.1, 0.15) is 51.5 Å². The maximum Gasteiger partial charge on any atom is 0.220 e. The van der Waals surface area contributed by atoms with Gasteiger partial charge in [0.25, 0.3) is 0 Å². The molecule has 0 aromatic heterocycles. The molecule has 1 amide bonds. The second-order valence-electron chi connectivity index (χ2n) is 6.60. The molecule has 20 heavy (non-hydrogen) atoms. The van der Waals surface area contributed by atoms with E-state index in [1.165, 1.54) is 5.56 Å². The van der Waals surface area contributed by atoms with Crippen LogP contribution in [0.15, 0.2) is 30.3 Å². The van der Waals surface area contributed by atoms with Crippen LogP contribution in [-0.4, -0.2) is 23.2 Å². The van der Waals surface area contributed by atoms with Crippen LogP contribution in [0.3, 0.4) is 0 Å². The van der Waals surface area contributed by atoms with Crippen molar-refractivity contribution in [3.63, 3.8) is 0 Å². The molecule has 0 heterocycles. The van der Waals surface area contributed by atoms with Gasteiger partial charge in [-0.05, 0) is 36.7 Å². The number of hydrogen-bond acceptors (Lipinski definition) is 2. The van der Waals surface area contributed by atoms with E-state index >= 15 is 0 Å². The molecule has 0 bridgehead atoms. The van der Waals surface area contributed by atoms with Crippen molar-refractivity contribution in [2.75, 3.05) is 6.54 Å². The number of aliphatic hydroxyl groups is 1. The zero-order chi connectivity index (χ0) is 14.6. The van der Waals surface area contributed by atoms with Crippen LogP contribution >= 0.6 is 0 Å². The first-order valence-corrected chi connectivity index (χ1v) is 7.46. The fraction of sp³-hybridized carbons (Fsp3) is 0.588. The highest BCUT2D eigenvalue weighted by Gasteiger charge is 2.34. The predicted molar refractivity (Wildman–Crippen MR) is 80.5 cm³/mol. The van der Waals surface area contributed by atoms with Gasteiger partial charge in [-0.15, -0.1) is 0 Å². The number of rotatable bonds is 6. The first-order chi connectivity index (χ1) is 9.41. The lowest BCUT2D eigenvalue weighted by atomic mass is 9.79. The molecule has 1 fully saturated rings. The van der Waals surface area contributed by atoms with Gasteiger partial charge in [0, 0.05) is 13.0 Å². The van der Waals surface area contributed by atoms with E-state index in [1.807, 2.05) is 18.2 Å². The van der Waals surface area contributed by atoms with Crippen molar-refractivity contribution >= 4 is 5.91 Å². The van der Waals surface area contributed by atoms with Gasteiger partial charge >= 0.3 is 0 Å². The predicted octanol–water partition coefficient (Wildman–Crippen LogP) is 2.78. The summed E-state index contributed by atoms with van der Waals surface area (Å²) in [4.78, 5) is 11.9. The summed E-state index contributed by atoms with van der Waals surface area (Å²) in [6, 6.07) is 10.3. The van der Waals surface area contributed by atoms with Gasteiger partial charge in [0.2, 0.25) is 5.91 Å². The topological polar surface area (TPSA) is 49.3 Å². The van der Waals surface area contributed by atoms with E-state index in [2.05, 4.69) is 31.3 Å². The number of benzene rings is 1. The third kappa shape index (κ3) is 3.83. The molecule has 0 unspecified atom stereocenters. The van der Waals surface area contributed by atoms with Gasteiger partial charge in [-0.3, -0.25) is 4.79 Å². The lowest BCUT2D eigenvalue weighted by molar-refractivity contribution is -0.123. The highest BCUT2D eigenvalue weighted by Crippen LogP contribution is 2.31. The molecule has 0 radical (unpaired) electrons. The Kier molecular flexibility index (Phi) is 4.48. The van der Waals surface area contributed by atoms with E-state index in [9.17, 15) is 9.90 Å². The maximum atomic E-state index is 11.9. The molecule has 2 rings (SSSR count). The zero-order valence-electron chi connectivity index (χ0n) is 12.5. The minimum absolute atomic E-state index is 0.00796. The van der Waals surface area contributed by atoms with E-state index in [0.717, 1.165) is 25.7 Å². The number of carbonyl (C=O) groups is 1. The number of nitrogens with one attached hydrogen (secondary N) is 1. The first kappa shape index (κ1) is 15.0. The molecule has 0 aliphatic heterocycles. The minimum Gasteiger partial charge on any atom is -0.388 e. The molecular formula is C17H25NO2. The minimum atomic E-state index is -0.634. The Hall–Kier alpha value is -1.35. The lowest BCUT2D eigenvalue weighted by Crippen LogP contribution is -2.47. The van der Waals surface area contributed by atoms with Gasteiger partial charge in [-0.25, -0.2) is 0 Å². The van der Waals surface area contributed by atoms with Crippen LogP contribution in [0.25, 0.3) is 0 Å². The third-order valence-electron chi connectivity index (χ3n) is 4.43. The maximum absolute atomic E-state index is 11.9. The molecule has 1 aromatic rings. The zero-order valence-corrected chi connectivity index (χ0v) is 12.5. The molecular weight excluding hydrogens is 250 g/mol. The van der Waals surface area contributed by atoms with Crippen LogP contribution in [0.4, 0.5) is 0 Å². The summed E-state index contributed by atoms with van der Waals surface area (Å²) in [5.74, 6) is 0.0364. The van der Waals surface area contributed by atoms with Crippen molar-refractivity contribution in [2.24, 2.45) is 0 Å². The van der Waals surface area contributed by atoms with E-state index in [-0.39, 0.29) is 11.3 Å². The standard InChI is InChI=1S/C17H25NO2/c1-16(2,14-7-4-3-5-8-14)12-9-15(19)18-13-17(20)10-6-11-17/h3-5,7-8,20H,6,9-13H2,1-2H3,(H,18,19). The molecule has 0 saturated heterocycles. The van der Waals surface area contributed by atoms with Gasteiger partial charge in [0.1, 0.15) is 0 Å². The summed E-state index contributed by atoms with van der Waals surface area (Å²) in [5, 5.41) is 12.8. The number of hydrogen-bond donors (Lipinski definition) is 2. The summed E-state index contributed by atoms with van der Waals surface area (Å²) in [6.45, 7) is 4.72. The Morgan fingerprint density at radius 3 is 2.50 bits per heavy atom. The van der Waals surface area contributed by atoms with Gasteiger partial charge in [0.15, 0.2) is 0 Å². The Bertz CT molecular complexity index is 449. The number of carbonyl (C=O) groups excluding carboxylic acids is 1. The molecule has 2 N–H and O–H groups in total. The smallest absolute Gasteiger partial charge is 0.220 e. The fourth-order valence-corrected chi connectivity index (χ4v) is 2.57. The summed E-state index contributed by atoms with van der Waals surface area (Å²) in [5.41, 5.74) is 0.613. The third-order valence-corrected chi connectivity index (χ3v) is 4.43. The highest BCUT2D eigenvalue weighted by atomic mass is 16.3. The van der Waals surface area contributed by atoms with Crippen molar-refractivity contribution < 1.29 is 9.90 Å². The van der Waals surface area contributed by atoms with Crippen molar-refractivity contribution in [2.45, 2.75) is 57.0 Å². The second kappa shape index (κ2) is 5.96. The lowest BCUT2D eigenvalue weighted by Gasteiger charge is -2.36. The summed E-state index contributed by atoms with van der Waals surface area (Å²) in [6.07, 6.45) is 3.98. The van der Waals surface area contributed by atoms with Crippen LogP contribution < -0.4 is 5.32 Å². The van der Waals surface area contributed by atoms with Crippen molar-refractivity contribution in [3.05, 3.63) is 35.9 Å². The summed E-state index contributed by atoms with van der Waals surface area (Å²) >= 11 is 0. The molecule has 110 valence electrons. The average Bonchev–Trinajstić information content (AvgIpc) is 2.42. The molecule has 0 spiro atoms. The van der Waals surface area contributed by atoms with E-state index < -0.39 is 5.60 Å². The molecule has 1 aliphatic carbocycles. The Balaban J connectivity index is 1.77. The average molecular weight is 275 g/mol. The number of amides is 1. The first-order valence-electron chi connectivity index (χ1n) is 7.46. The fourth-order valence-electron chi connectivity index (χ4n) is 2.57. The second-order valence-corrected chi connectivity index (χ2v) is 6.60. The highest BCUT2D eigenvalue weighted by molar-refractivity contribution is 5.76. The summed E-state index contributed by atoms with van der Waals surface area (Å²) < 4.78 is 0. The van der Waals surface area contributed by atoms with Crippen LogP contribution in [-0.2, 0) is 10.2 Å². The Labute approximate surface area is 121 Å². The van der Waals surface area contributed by atoms with Gasteiger partial charge in [0.05, 0.1) is 5.60 Å². The molecule has 1 aliphatic rings. The molecule has 1 saturated carbocycles. The molecule has 3 nitrogen and oxygen atoms in total. The molecule has 3 heteroatoms. The van der Waals surface area contributed by atoms with Crippen LogP contribution in [0.5, 0.6) is 0 Å². The van der Waals surface area contributed by atoms with Crippen molar-refractivity contribution in [1.82, 2.24) is 5.32 Å². The monoisotopic (exact) mass is 275 g/mol. The van der Waals surface area contributed by atoms with Crippen LogP contribution in [0.2, 0.25) is 0 Å². The summed E-state index contributed by atoms with van der Waals surface area (Å²) in [7, 11) is 0. The Morgan fingerprint density at radius 1 is 1.30 bits per heavy atom. The van der Waals surface area contributed by atoms with Crippen molar-refractivity contribution in [1.29, 1.82) is 0 Å². The van der Waals surface area contributed by atoms with E-state index in [4.69, 9.17) is 0 Å².